The van der Waals surface area contributed by atoms with Gasteiger partial charge in [-0.05, 0) is 22.3 Å². The topological polar surface area (TPSA) is 114 Å². The molecule has 0 aromatic heterocycles. The number of nitrogens with one attached hydrogen (secondary N) is 2. The first-order chi connectivity index (χ1) is 24.6. The van der Waals surface area contributed by atoms with E-state index < -0.39 is 48.8 Å². The van der Waals surface area contributed by atoms with E-state index in [0.717, 1.165) is 22.3 Å². The minimum absolute atomic E-state index is 0.0682. The third-order valence-electron chi connectivity index (χ3n) is 9.23. The Morgan fingerprint density at radius 3 is 1.02 bits per heavy atom. The van der Waals surface area contributed by atoms with Crippen LogP contribution in [0.5, 0.6) is 0 Å². The summed E-state index contributed by atoms with van der Waals surface area (Å²) in [6, 6.07) is 39.0. The lowest BCUT2D eigenvalue weighted by molar-refractivity contribution is -0.142. The number of amides is 2. The van der Waals surface area contributed by atoms with E-state index in [2.05, 4.69) is 10.6 Å². The zero-order valence-corrected chi connectivity index (χ0v) is 27.7. The molecule has 3 fully saturated rings. The largest absolute Gasteiger partial charge is 0.368 e. The fourth-order valence-electron chi connectivity index (χ4n) is 6.64. The summed E-state index contributed by atoms with van der Waals surface area (Å²) in [5, 5.41) is 6.05. The normalized spacial score (nSPS) is 27.9. The van der Waals surface area contributed by atoms with E-state index in [9.17, 15) is 9.59 Å². The summed E-state index contributed by atoms with van der Waals surface area (Å²) in [6.07, 6.45) is -6.13. The summed E-state index contributed by atoms with van der Waals surface area (Å²) in [7, 11) is 0. The fraction of sp³-hybridized carbons (Fsp3) is 0.350. The van der Waals surface area contributed by atoms with Crippen molar-refractivity contribution in [1.29, 1.82) is 0 Å². The average Bonchev–Trinajstić information content (AvgIpc) is 3.71. The molecule has 3 heterocycles. The summed E-state index contributed by atoms with van der Waals surface area (Å²) in [5.74, 6) is -0.720. The van der Waals surface area contributed by atoms with E-state index in [4.69, 9.17) is 28.4 Å². The predicted octanol–water partition coefficient (Wildman–Crippen LogP) is 4.11. The second-order valence-corrected chi connectivity index (χ2v) is 12.7. The third kappa shape index (κ3) is 8.30. The van der Waals surface area contributed by atoms with E-state index in [1.165, 1.54) is 0 Å². The van der Waals surface area contributed by atoms with Crippen molar-refractivity contribution < 1.29 is 38.0 Å². The van der Waals surface area contributed by atoms with Gasteiger partial charge in [-0.1, -0.05) is 121 Å². The molecule has 0 aliphatic carbocycles. The second-order valence-electron chi connectivity index (χ2n) is 12.7. The maximum absolute atomic E-state index is 14.0. The van der Waals surface area contributed by atoms with Crippen LogP contribution in [0.15, 0.2) is 121 Å². The van der Waals surface area contributed by atoms with Gasteiger partial charge in [0.2, 0.25) is 0 Å². The van der Waals surface area contributed by atoms with Crippen molar-refractivity contribution in [1.82, 2.24) is 10.6 Å². The maximum atomic E-state index is 14.0. The Labute approximate surface area is 292 Å². The molecule has 3 aliphatic heterocycles. The molecule has 2 N–H and O–H groups in total. The number of ether oxygens (including phenoxy) is 6. The molecule has 0 spiro atoms. The van der Waals surface area contributed by atoms with Crippen LogP contribution >= 0.6 is 0 Å². The summed E-state index contributed by atoms with van der Waals surface area (Å²) in [6.45, 7) is 1.21. The van der Waals surface area contributed by atoms with E-state index in [-0.39, 0.29) is 51.3 Å². The van der Waals surface area contributed by atoms with Gasteiger partial charge in [-0.2, -0.15) is 0 Å². The highest BCUT2D eigenvalue weighted by Gasteiger charge is 2.53. The molecule has 4 aromatic carbocycles. The van der Waals surface area contributed by atoms with Crippen molar-refractivity contribution in [3.8, 4) is 0 Å². The molecule has 0 unspecified atom stereocenters. The van der Waals surface area contributed by atoms with Crippen LogP contribution in [0.2, 0.25) is 0 Å². The lowest BCUT2D eigenvalue weighted by Gasteiger charge is -2.27. The summed E-state index contributed by atoms with van der Waals surface area (Å²) in [5.41, 5.74) is 3.84. The Hall–Kier alpha value is -4.42. The van der Waals surface area contributed by atoms with Crippen LogP contribution in [0.3, 0.4) is 0 Å². The van der Waals surface area contributed by atoms with Gasteiger partial charge in [-0.3, -0.25) is 9.59 Å². The van der Waals surface area contributed by atoms with Crippen molar-refractivity contribution in [2.24, 2.45) is 0 Å². The monoisotopic (exact) mass is 678 g/mol. The molecule has 4 aromatic rings. The van der Waals surface area contributed by atoms with Gasteiger partial charge in [0.1, 0.15) is 36.6 Å². The zero-order chi connectivity index (χ0) is 34.1. The van der Waals surface area contributed by atoms with Gasteiger partial charge in [-0.15, -0.1) is 0 Å². The van der Waals surface area contributed by atoms with Gasteiger partial charge in [0.05, 0.1) is 26.4 Å². The van der Waals surface area contributed by atoms with E-state index in [1.54, 1.807) is 0 Å². The van der Waals surface area contributed by atoms with Crippen LogP contribution in [0.4, 0.5) is 0 Å². The zero-order valence-electron chi connectivity index (χ0n) is 27.7. The molecule has 3 saturated heterocycles. The number of carbonyl (C=O) groups is 2. The van der Waals surface area contributed by atoms with Gasteiger partial charge in [-0.25, -0.2) is 0 Å². The van der Waals surface area contributed by atoms with Crippen LogP contribution in [-0.2, 0) is 64.4 Å². The smallest absolute Gasteiger partial charge is 0.252 e. The van der Waals surface area contributed by atoms with Crippen molar-refractivity contribution in [3.05, 3.63) is 144 Å². The lowest BCUT2D eigenvalue weighted by atomic mass is 10.0. The molecule has 260 valence electrons. The first kappa shape index (κ1) is 34.0. The molecule has 3 aliphatic rings. The van der Waals surface area contributed by atoms with Crippen molar-refractivity contribution in [3.63, 3.8) is 0 Å². The van der Waals surface area contributed by atoms with Gasteiger partial charge in [0, 0.05) is 13.1 Å². The molecule has 10 nitrogen and oxygen atoms in total. The minimum Gasteiger partial charge on any atom is -0.368 e. The third-order valence-corrected chi connectivity index (χ3v) is 9.23. The average molecular weight is 679 g/mol. The predicted molar refractivity (Wildman–Crippen MR) is 183 cm³/mol. The van der Waals surface area contributed by atoms with E-state index in [0.29, 0.717) is 0 Å². The Morgan fingerprint density at radius 1 is 0.440 bits per heavy atom. The molecule has 4 bridgehead atoms. The Balaban J connectivity index is 1.13. The molecule has 8 atom stereocenters. The maximum Gasteiger partial charge on any atom is 0.252 e. The van der Waals surface area contributed by atoms with Crippen molar-refractivity contribution in [2.75, 3.05) is 13.1 Å². The Kier molecular flexibility index (Phi) is 11.3. The van der Waals surface area contributed by atoms with Crippen LogP contribution < -0.4 is 10.6 Å². The SMILES string of the molecule is O=C1NC[C@H]2O[C@@H](C(=O)NC[C@H]3O[C@@H]1[C@@H](OCc1ccccc1)[C@@H]3OCc1ccccc1)[C@@H](OCc1ccccc1)[C@@H]2OCc1ccccc1. The second kappa shape index (κ2) is 16.5. The van der Waals surface area contributed by atoms with Crippen LogP contribution in [0.1, 0.15) is 22.3 Å². The van der Waals surface area contributed by atoms with Gasteiger partial charge in [0.15, 0.2) is 12.2 Å². The molecule has 2 amide bonds. The first-order valence-corrected chi connectivity index (χ1v) is 17.1. The van der Waals surface area contributed by atoms with Crippen molar-refractivity contribution in [2.45, 2.75) is 75.3 Å². The highest BCUT2D eigenvalue weighted by Crippen LogP contribution is 2.32. The molecular weight excluding hydrogens is 636 g/mol. The summed E-state index contributed by atoms with van der Waals surface area (Å²) >= 11 is 0. The lowest BCUT2D eigenvalue weighted by Crippen LogP contribution is -2.49. The molecule has 50 heavy (non-hydrogen) atoms. The molecule has 7 rings (SSSR count). The number of hydrogen-bond donors (Lipinski definition) is 2. The number of rotatable bonds is 12. The summed E-state index contributed by atoms with van der Waals surface area (Å²) < 4.78 is 38.5. The summed E-state index contributed by atoms with van der Waals surface area (Å²) in [4.78, 5) is 27.9. The van der Waals surface area contributed by atoms with E-state index >= 15 is 0 Å². The number of hydrogen-bond acceptors (Lipinski definition) is 8. The minimum atomic E-state index is -0.994. The van der Waals surface area contributed by atoms with E-state index in [1.807, 2.05) is 121 Å². The van der Waals surface area contributed by atoms with Gasteiger partial charge in [0.25, 0.3) is 11.8 Å². The van der Waals surface area contributed by atoms with Gasteiger partial charge < -0.3 is 39.1 Å². The molecule has 0 saturated carbocycles. The number of fused-ring (bicyclic) bond motifs is 4. The Bertz CT molecular complexity index is 1540. The van der Waals surface area contributed by atoms with Crippen molar-refractivity contribution >= 4 is 11.8 Å². The highest BCUT2D eigenvalue weighted by atomic mass is 16.6. The van der Waals surface area contributed by atoms with Crippen LogP contribution in [0.25, 0.3) is 0 Å². The Morgan fingerprint density at radius 2 is 0.720 bits per heavy atom. The number of carbonyl (C=O) groups excluding carboxylic acids is 2. The van der Waals surface area contributed by atoms with Gasteiger partial charge >= 0.3 is 0 Å². The fourth-order valence-corrected chi connectivity index (χ4v) is 6.64. The molecule has 10 heteroatoms. The molecule has 0 radical (unpaired) electrons. The standard InChI is InChI=1S/C40H42N2O8/c43-39-37-35(47-25-29-17-9-3-10-18-29)33(45-23-27-13-5-1-6-14-27)31(49-37)21-41-40(44)38-36(48-26-30-19-11-4-12-20-30)34(32(50-38)22-42-39)46-24-28-15-7-2-8-16-28/h1-20,31-38H,21-26H2,(H,41,44)(H,42,43)/t31-,32-,33-,34-,35+,36+,37-,38-/m1/s1. The van der Waals surface area contributed by atoms with Crippen LogP contribution in [0, 0.1) is 0 Å². The first-order valence-electron chi connectivity index (χ1n) is 17.1. The highest BCUT2D eigenvalue weighted by molar-refractivity contribution is 5.83. The number of benzene rings is 4. The van der Waals surface area contributed by atoms with Crippen LogP contribution in [-0.4, -0.2) is 73.7 Å². The quantitative estimate of drug-likeness (QED) is 0.230. The molecular formula is C40H42N2O8.